The van der Waals surface area contributed by atoms with Gasteiger partial charge >= 0.3 is 18.0 Å². The van der Waals surface area contributed by atoms with Gasteiger partial charge in [0, 0.05) is 18.2 Å². The summed E-state index contributed by atoms with van der Waals surface area (Å²) < 4.78 is 136. The molecule has 1 aliphatic heterocycles. The van der Waals surface area contributed by atoms with E-state index in [0.29, 0.717) is 18.6 Å². The molecule has 41 heavy (non-hydrogen) atoms. The average Bonchev–Trinajstić information content (AvgIpc) is 3.31. The van der Waals surface area contributed by atoms with Crippen LogP contribution in [-0.4, -0.2) is 56.8 Å². The van der Waals surface area contributed by atoms with Gasteiger partial charge in [-0.05, 0) is 68.0 Å². The third-order valence-corrected chi connectivity index (χ3v) is 10.8. The van der Waals surface area contributed by atoms with Crippen molar-refractivity contribution in [2.45, 2.75) is 79.3 Å². The SMILES string of the molecule is CCC(C)NCC(=O)N1CCC2(S(=O)(=O)c3ccc(F)cc3)c3ccc(C(F)(C(F)(F)F)C(F)(F)F)cc3CCC12. The van der Waals surface area contributed by atoms with Crippen LogP contribution in [0.15, 0.2) is 47.4 Å². The van der Waals surface area contributed by atoms with Crippen molar-refractivity contribution in [1.29, 1.82) is 0 Å². The normalized spacial score (nSPS) is 22.3. The number of carbonyl (C=O) groups is 1. The van der Waals surface area contributed by atoms with E-state index in [4.69, 9.17) is 0 Å². The van der Waals surface area contributed by atoms with Gasteiger partial charge in [-0.25, -0.2) is 17.2 Å². The van der Waals surface area contributed by atoms with Crippen molar-refractivity contribution in [3.8, 4) is 0 Å². The lowest BCUT2D eigenvalue weighted by atomic mass is 9.76. The third kappa shape index (κ3) is 4.90. The summed E-state index contributed by atoms with van der Waals surface area (Å²) in [6, 6.07) is 4.29. The van der Waals surface area contributed by atoms with E-state index in [9.17, 15) is 48.3 Å². The maximum atomic E-state index is 14.9. The van der Waals surface area contributed by atoms with Crippen LogP contribution in [-0.2, 0) is 31.5 Å². The summed E-state index contributed by atoms with van der Waals surface area (Å²) in [5.74, 6) is -1.16. The van der Waals surface area contributed by atoms with Gasteiger partial charge in [-0.3, -0.25) is 4.79 Å². The lowest BCUT2D eigenvalue weighted by Crippen LogP contribution is -2.54. The van der Waals surface area contributed by atoms with Crippen molar-refractivity contribution in [3.63, 3.8) is 0 Å². The number of carbonyl (C=O) groups excluding carboxylic acids is 1. The molecule has 3 atom stereocenters. The highest BCUT2D eigenvalue weighted by molar-refractivity contribution is 7.92. The average molecular weight is 613 g/mol. The number of hydrogen-bond acceptors (Lipinski definition) is 4. The maximum absolute atomic E-state index is 14.9. The van der Waals surface area contributed by atoms with Gasteiger partial charge in [0.2, 0.25) is 5.91 Å². The number of hydrogen-bond donors (Lipinski definition) is 1. The molecule has 226 valence electrons. The number of aryl methyl sites for hydroxylation is 1. The first-order valence-electron chi connectivity index (χ1n) is 12.9. The van der Waals surface area contributed by atoms with Crippen LogP contribution in [0.3, 0.4) is 0 Å². The number of likely N-dealkylation sites (tertiary alicyclic amines) is 1. The van der Waals surface area contributed by atoms with Gasteiger partial charge in [0.05, 0.1) is 17.5 Å². The minimum Gasteiger partial charge on any atom is -0.337 e. The molecule has 0 radical (unpaired) electrons. The number of sulfone groups is 1. The Morgan fingerprint density at radius 3 is 2.22 bits per heavy atom. The minimum absolute atomic E-state index is 0.0250. The molecule has 1 fully saturated rings. The van der Waals surface area contributed by atoms with Crippen molar-refractivity contribution in [2.24, 2.45) is 0 Å². The van der Waals surface area contributed by atoms with Crippen LogP contribution in [0.1, 0.15) is 49.8 Å². The largest absolute Gasteiger partial charge is 0.435 e. The van der Waals surface area contributed by atoms with Gasteiger partial charge in [-0.15, -0.1) is 0 Å². The highest BCUT2D eigenvalue weighted by Crippen LogP contribution is 2.56. The molecule has 4 rings (SSSR count). The third-order valence-electron chi connectivity index (χ3n) is 8.20. The number of fused-ring (bicyclic) bond motifs is 3. The summed E-state index contributed by atoms with van der Waals surface area (Å²) in [6.07, 6.45) is -12.5. The van der Waals surface area contributed by atoms with Gasteiger partial charge in [-0.1, -0.05) is 25.1 Å². The molecule has 1 heterocycles. The molecule has 1 amide bonds. The van der Waals surface area contributed by atoms with Crippen LogP contribution in [0.25, 0.3) is 0 Å². The molecular formula is C27H28F8N2O3S. The lowest BCUT2D eigenvalue weighted by molar-refractivity contribution is -0.348. The van der Waals surface area contributed by atoms with Crippen molar-refractivity contribution in [2.75, 3.05) is 13.1 Å². The Hall–Kier alpha value is -2.74. The van der Waals surface area contributed by atoms with Crippen molar-refractivity contribution in [3.05, 3.63) is 65.0 Å². The molecule has 2 aliphatic rings. The number of halogens is 8. The monoisotopic (exact) mass is 612 g/mol. The molecule has 0 saturated carbocycles. The van der Waals surface area contributed by atoms with E-state index in [-0.39, 0.29) is 54.4 Å². The van der Waals surface area contributed by atoms with Crippen LogP contribution in [0, 0.1) is 5.82 Å². The fourth-order valence-electron chi connectivity index (χ4n) is 5.86. The van der Waals surface area contributed by atoms with Gasteiger partial charge in [0.15, 0.2) is 9.84 Å². The van der Waals surface area contributed by atoms with E-state index in [0.717, 1.165) is 30.3 Å². The Morgan fingerprint density at radius 2 is 1.66 bits per heavy atom. The van der Waals surface area contributed by atoms with Crippen LogP contribution < -0.4 is 5.32 Å². The van der Waals surface area contributed by atoms with E-state index in [1.807, 2.05) is 13.8 Å². The molecule has 1 N–H and O–H groups in total. The standard InChI is InChI=1S/C27H28F8N2O3S/c1-3-16(2)36-15-23(38)37-13-12-24(41(39,40)20-8-6-19(28)7-9-20)21-10-5-18(14-17(21)4-11-22(24)37)25(29,26(30,31)32)27(33,34)35/h5-10,14,16,22,36H,3-4,11-13,15H2,1-2H3. The Morgan fingerprint density at radius 1 is 1.05 bits per heavy atom. The highest BCUT2D eigenvalue weighted by atomic mass is 32.2. The maximum Gasteiger partial charge on any atom is 0.435 e. The molecular weight excluding hydrogens is 584 g/mol. The lowest BCUT2D eigenvalue weighted by Gasteiger charge is -2.43. The summed E-state index contributed by atoms with van der Waals surface area (Å²) in [5, 5.41) is 3.03. The highest BCUT2D eigenvalue weighted by Gasteiger charge is 2.73. The van der Waals surface area contributed by atoms with Gasteiger partial charge < -0.3 is 10.2 Å². The zero-order valence-electron chi connectivity index (χ0n) is 22.0. The Balaban J connectivity index is 1.89. The second-order valence-electron chi connectivity index (χ2n) is 10.5. The molecule has 3 unspecified atom stereocenters. The Bertz CT molecular complexity index is 1400. The first kappa shape index (κ1) is 31.2. The van der Waals surface area contributed by atoms with Crippen molar-refractivity contribution < 1.29 is 48.3 Å². The van der Waals surface area contributed by atoms with E-state index in [2.05, 4.69) is 5.32 Å². The Labute approximate surface area is 231 Å². The predicted octanol–water partition coefficient (Wildman–Crippen LogP) is 5.72. The molecule has 0 spiro atoms. The second kappa shape index (κ2) is 10.5. The molecule has 0 bridgehead atoms. The van der Waals surface area contributed by atoms with Crippen LogP contribution >= 0.6 is 0 Å². The molecule has 1 aliphatic carbocycles. The number of nitrogens with zero attached hydrogens (tertiary/aromatic N) is 1. The first-order valence-corrected chi connectivity index (χ1v) is 14.4. The van der Waals surface area contributed by atoms with Crippen LogP contribution in [0.5, 0.6) is 0 Å². The summed E-state index contributed by atoms with van der Waals surface area (Å²) in [4.78, 5) is 14.2. The van der Waals surface area contributed by atoms with Crippen molar-refractivity contribution >= 4 is 15.7 Å². The summed E-state index contributed by atoms with van der Waals surface area (Å²) in [5.41, 5.74) is -7.72. The topological polar surface area (TPSA) is 66.5 Å². The quantitative estimate of drug-likeness (QED) is 0.321. The van der Waals surface area contributed by atoms with Crippen LogP contribution in [0.4, 0.5) is 35.1 Å². The summed E-state index contributed by atoms with van der Waals surface area (Å²) >= 11 is 0. The van der Waals surface area contributed by atoms with Crippen molar-refractivity contribution in [1.82, 2.24) is 10.2 Å². The molecule has 2 aromatic rings. The molecule has 5 nitrogen and oxygen atoms in total. The second-order valence-corrected chi connectivity index (χ2v) is 12.7. The fraction of sp³-hybridized carbons (Fsp3) is 0.519. The summed E-state index contributed by atoms with van der Waals surface area (Å²) in [7, 11) is -4.52. The van der Waals surface area contributed by atoms with Gasteiger partial charge in [0.1, 0.15) is 10.6 Å². The smallest absolute Gasteiger partial charge is 0.337 e. The van der Waals surface area contributed by atoms with E-state index in [1.165, 1.54) is 4.90 Å². The summed E-state index contributed by atoms with van der Waals surface area (Å²) in [6.45, 7) is 3.56. The van der Waals surface area contributed by atoms with Crippen LogP contribution in [0.2, 0.25) is 0 Å². The van der Waals surface area contributed by atoms with E-state index >= 15 is 0 Å². The number of alkyl halides is 7. The zero-order valence-corrected chi connectivity index (χ0v) is 22.9. The minimum atomic E-state index is -6.34. The number of amides is 1. The Kier molecular flexibility index (Phi) is 8.00. The number of benzene rings is 2. The van der Waals surface area contributed by atoms with E-state index < -0.39 is 55.9 Å². The number of nitrogens with one attached hydrogen (secondary N) is 1. The van der Waals surface area contributed by atoms with Gasteiger partial charge in [0.25, 0.3) is 0 Å². The fourth-order valence-corrected chi connectivity index (χ4v) is 8.23. The molecule has 2 aromatic carbocycles. The zero-order chi connectivity index (χ0) is 30.6. The van der Waals surface area contributed by atoms with E-state index in [1.54, 1.807) is 0 Å². The molecule has 1 saturated heterocycles. The molecule has 0 aromatic heterocycles. The van der Waals surface area contributed by atoms with Gasteiger partial charge in [-0.2, -0.15) is 26.3 Å². The first-order chi connectivity index (χ1) is 18.9. The molecule has 14 heteroatoms. The number of rotatable bonds is 7. The predicted molar refractivity (Wildman–Crippen MR) is 133 cm³/mol.